The van der Waals surface area contributed by atoms with Crippen LogP contribution < -0.4 is 10.1 Å². The summed E-state index contributed by atoms with van der Waals surface area (Å²) in [5, 5.41) is 3.55. The molecule has 1 aromatic rings. The van der Waals surface area contributed by atoms with Crippen LogP contribution in [-0.2, 0) is 6.54 Å². The first kappa shape index (κ1) is 12.8. The summed E-state index contributed by atoms with van der Waals surface area (Å²) in [7, 11) is 1.73. The van der Waals surface area contributed by atoms with Gasteiger partial charge in [-0.25, -0.2) is 0 Å². The SMILES string of the molecule is COc1ccccc1CNCC1CCCSC1. The lowest BCUT2D eigenvalue weighted by Crippen LogP contribution is -2.26. The molecule has 0 saturated carbocycles. The molecule has 0 amide bonds. The summed E-state index contributed by atoms with van der Waals surface area (Å²) in [4.78, 5) is 0. The molecule has 3 heteroatoms. The number of hydrogen-bond donors (Lipinski definition) is 1. The zero-order chi connectivity index (χ0) is 11.9. The fraction of sp³-hybridized carbons (Fsp3) is 0.571. The van der Waals surface area contributed by atoms with E-state index < -0.39 is 0 Å². The van der Waals surface area contributed by atoms with E-state index in [-0.39, 0.29) is 0 Å². The van der Waals surface area contributed by atoms with Gasteiger partial charge >= 0.3 is 0 Å². The molecule has 1 saturated heterocycles. The highest BCUT2D eigenvalue weighted by Crippen LogP contribution is 2.22. The highest BCUT2D eigenvalue weighted by Gasteiger charge is 2.13. The van der Waals surface area contributed by atoms with Crippen LogP contribution in [0.1, 0.15) is 18.4 Å². The predicted molar refractivity (Wildman–Crippen MR) is 74.7 cm³/mol. The van der Waals surface area contributed by atoms with Gasteiger partial charge in [0.2, 0.25) is 0 Å². The molecule has 94 valence electrons. The van der Waals surface area contributed by atoms with Crippen molar-refractivity contribution in [3.05, 3.63) is 29.8 Å². The second-order valence-electron chi connectivity index (χ2n) is 4.53. The zero-order valence-corrected chi connectivity index (χ0v) is 11.3. The highest BCUT2D eigenvalue weighted by molar-refractivity contribution is 7.99. The van der Waals surface area contributed by atoms with Gasteiger partial charge in [-0.15, -0.1) is 0 Å². The van der Waals surface area contributed by atoms with Gasteiger partial charge in [-0.1, -0.05) is 18.2 Å². The molecule has 1 aliphatic rings. The molecule has 1 heterocycles. The quantitative estimate of drug-likeness (QED) is 0.869. The van der Waals surface area contributed by atoms with Gasteiger partial charge in [0.25, 0.3) is 0 Å². The second kappa shape index (κ2) is 6.92. The van der Waals surface area contributed by atoms with E-state index >= 15 is 0 Å². The van der Waals surface area contributed by atoms with E-state index in [9.17, 15) is 0 Å². The van der Waals surface area contributed by atoms with Gasteiger partial charge < -0.3 is 10.1 Å². The Bertz CT molecular complexity index is 337. The zero-order valence-electron chi connectivity index (χ0n) is 10.4. The Morgan fingerprint density at radius 1 is 1.41 bits per heavy atom. The number of hydrogen-bond acceptors (Lipinski definition) is 3. The van der Waals surface area contributed by atoms with Crippen LogP contribution in [0.3, 0.4) is 0 Å². The number of nitrogens with one attached hydrogen (secondary N) is 1. The van der Waals surface area contributed by atoms with E-state index in [1.165, 1.54) is 29.9 Å². The predicted octanol–water partition coefficient (Wildman–Crippen LogP) is 2.93. The third-order valence-electron chi connectivity index (χ3n) is 3.20. The first-order valence-corrected chi connectivity index (χ1v) is 7.46. The summed E-state index contributed by atoms with van der Waals surface area (Å²) < 4.78 is 5.34. The number of ether oxygens (including phenoxy) is 1. The summed E-state index contributed by atoms with van der Waals surface area (Å²) in [6.45, 7) is 2.04. The van der Waals surface area contributed by atoms with Gasteiger partial charge in [0, 0.05) is 12.1 Å². The number of benzene rings is 1. The minimum Gasteiger partial charge on any atom is -0.496 e. The Morgan fingerprint density at radius 3 is 3.06 bits per heavy atom. The molecule has 17 heavy (non-hydrogen) atoms. The van der Waals surface area contributed by atoms with Crippen molar-refractivity contribution < 1.29 is 4.74 Å². The molecule has 1 aliphatic heterocycles. The maximum Gasteiger partial charge on any atom is 0.123 e. The first-order valence-electron chi connectivity index (χ1n) is 6.30. The Morgan fingerprint density at radius 2 is 2.29 bits per heavy atom. The molecule has 0 aromatic heterocycles. The maximum absolute atomic E-state index is 5.34. The maximum atomic E-state index is 5.34. The number of thioether (sulfide) groups is 1. The third kappa shape index (κ3) is 3.93. The molecule has 2 nitrogen and oxygen atoms in total. The molecule has 1 unspecified atom stereocenters. The van der Waals surface area contributed by atoms with Crippen molar-refractivity contribution in [3.63, 3.8) is 0 Å². The molecule has 1 atom stereocenters. The molecular weight excluding hydrogens is 230 g/mol. The van der Waals surface area contributed by atoms with Crippen molar-refractivity contribution >= 4 is 11.8 Å². The summed E-state index contributed by atoms with van der Waals surface area (Å²) in [6, 6.07) is 8.23. The summed E-state index contributed by atoms with van der Waals surface area (Å²) in [5.41, 5.74) is 1.25. The normalized spacial score (nSPS) is 20.2. The van der Waals surface area contributed by atoms with E-state index in [4.69, 9.17) is 4.74 Å². The standard InChI is InChI=1S/C14H21NOS/c1-16-14-7-3-2-6-13(14)10-15-9-12-5-4-8-17-11-12/h2-3,6-7,12,15H,4-5,8-11H2,1H3. The monoisotopic (exact) mass is 251 g/mol. The van der Waals surface area contributed by atoms with Gasteiger partial charge in [0.15, 0.2) is 0 Å². The summed E-state index contributed by atoms with van der Waals surface area (Å²) in [5.74, 6) is 4.50. The van der Waals surface area contributed by atoms with Crippen molar-refractivity contribution in [2.75, 3.05) is 25.2 Å². The topological polar surface area (TPSA) is 21.3 Å². The van der Waals surface area contributed by atoms with Crippen molar-refractivity contribution in [2.45, 2.75) is 19.4 Å². The van der Waals surface area contributed by atoms with Gasteiger partial charge in [-0.2, -0.15) is 11.8 Å². The van der Waals surface area contributed by atoms with Crippen LogP contribution in [0.2, 0.25) is 0 Å². The van der Waals surface area contributed by atoms with Crippen LogP contribution in [0, 0.1) is 5.92 Å². The van der Waals surface area contributed by atoms with E-state index in [1.54, 1.807) is 7.11 Å². The number of rotatable bonds is 5. The van der Waals surface area contributed by atoms with E-state index in [1.807, 2.05) is 12.1 Å². The first-order chi connectivity index (χ1) is 8.40. The van der Waals surface area contributed by atoms with E-state index in [0.717, 1.165) is 24.8 Å². The molecule has 2 rings (SSSR count). The fourth-order valence-corrected chi connectivity index (χ4v) is 3.38. The Hall–Kier alpha value is -0.670. The van der Waals surface area contributed by atoms with Gasteiger partial charge in [-0.05, 0) is 42.9 Å². The number of para-hydroxylation sites is 1. The van der Waals surface area contributed by atoms with Crippen molar-refractivity contribution in [3.8, 4) is 5.75 Å². The van der Waals surface area contributed by atoms with Gasteiger partial charge in [-0.3, -0.25) is 0 Å². The average molecular weight is 251 g/mol. The van der Waals surface area contributed by atoms with E-state index in [2.05, 4.69) is 29.2 Å². The van der Waals surface area contributed by atoms with E-state index in [0.29, 0.717) is 0 Å². The average Bonchev–Trinajstić information content (AvgIpc) is 2.40. The Kier molecular flexibility index (Phi) is 5.20. The Balaban J connectivity index is 1.77. The van der Waals surface area contributed by atoms with Crippen LogP contribution in [0.25, 0.3) is 0 Å². The molecule has 0 radical (unpaired) electrons. The molecule has 1 fully saturated rings. The second-order valence-corrected chi connectivity index (χ2v) is 5.68. The van der Waals surface area contributed by atoms with Crippen molar-refractivity contribution in [1.82, 2.24) is 5.32 Å². The van der Waals surface area contributed by atoms with Crippen molar-refractivity contribution in [2.24, 2.45) is 5.92 Å². The lowest BCUT2D eigenvalue weighted by Gasteiger charge is -2.21. The molecular formula is C14H21NOS. The van der Waals surface area contributed by atoms with Crippen LogP contribution in [0.5, 0.6) is 5.75 Å². The largest absolute Gasteiger partial charge is 0.496 e. The molecule has 1 aromatic carbocycles. The fourth-order valence-electron chi connectivity index (χ4n) is 2.23. The molecule has 0 spiro atoms. The molecule has 0 bridgehead atoms. The minimum atomic E-state index is 0.850. The highest BCUT2D eigenvalue weighted by atomic mass is 32.2. The Labute approximate surface area is 108 Å². The van der Waals surface area contributed by atoms with Gasteiger partial charge in [0.1, 0.15) is 5.75 Å². The summed E-state index contributed by atoms with van der Waals surface area (Å²) >= 11 is 2.09. The number of methoxy groups -OCH3 is 1. The van der Waals surface area contributed by atoms with Crippen LogP contribution >= 0.6 is 11.8 Å². The summed E-state index contributed by atoms with van der Waals surface area (Å²) in [6.07, 6.45) is 2.76. The lowest BCUT2D eigenvalue weighted by atomic mass is 10.1. The lowest BCUT2D eigenvalue weighted by molar-refractivity contribution is 0.405. The minimum absolute atomic E-state index is 0.850. The third-order valence-corrected chi connectivity index (χ3v) is 4.48. The van der Waals surface area contributed by atoms with Gasteiger partial charge in [0.05, 0.1) is 7.11 Å². The van der Waals surface area contributed by atoms with Crippen LogP contribution in [0.4, 0.5) is 0 Å². The van der Waals surface area contributed by atoms with Crippen LogP contribution in [-0.4, -0.2) is 25.2 Å². The smallest absolute Gasteiger partial charge is 0.123 e. The molecule has 0 aliphatic carbocycles. The molecule has 1 N–H and O–H groups in total. The van der Waals surface area contributed by atoms with Crippen LogP contribution in [0.15, 0.2) is 24.3 Å². The van der Waals surface area contributed by atoms with Crippen molar-refractivity contribution in [1.29, 1.82) is 0 Å².